The van der Waals surface area contributed by atoms with Gasteiger partial charge in [0.15, 0.2) is 9.84 Å². The Kier molecular flexibility index (Phi) is 4.01. The first-order valence-electron chi connectivity index (χ1n) is 6.09. The summed E-state index contributed by atoms with van der Waals surface area (Å²) < 4.78 is 22.5. The van der Waals surface area contributed by atoms with Crippen LogP contribution in [0.4, 0.5) is 0 Å². The zero-order chi connectivity index (χ0) is 13.0. The van der Waals surface area contributed by atoms with E-state index in [1.54, 1.807) is 0 Å². The molecule has 1 aromatic carbocycles. The molecule has 0 spiro atoms. The highest BCUT2D eigenvalue weighted by molar-refractivity contribution is 7.91. The fourth-order valence-corrected chi connectivity index (χ4v) is 3.78. The molecule has 1 aliphatic rings. The number of carbonyl (C=O) groups excluding carboxylic acids is 1. The van der Waals surface area contributed by atoms with Gasteiger partial charge in [-0.15, -0.1) is 0 Å². The number of hydrogen-bond acceptors (Lipinski definition) is 3. The van der Waals surface area contributed by atoms with Crippen molar-refractivity contribution >= 4 is 15.7 Å². The molecular formula is C13H17NO3S. The molecule has 0 radical (unpaired) electrons. The third-order valence-corrected chi connectivity index (χ3v) is 4.85. The van der Waals surface area contributed by atoms with Crippen LogP contribution in [-0.2, 0) is 21.1 Å². The predicted molar refractivity (Wildman–Crippen MR) is 70.0 cm³/mol. The Morgan fingerprint density at radius 3 is 2.61 bits per heavy atom. The second-order valence-corrected chi connectivity index (χ2v) is 6.88. The van der Waals surface area contributed by atoms with Crippen molar-refractivity contribution in [1.82, 2.24) is 5.32 Å². The van der Waals surface area contributed by atoms with E-state index >= 15 is 0 Å². The lowest BCUT2D eigenvalue weighted by Crippen LogP contribution is -2.35. The minimum absolute atomic E-state index is 0.0686. The van der Waals surface area contributed by atoms with Crippen molar-refractivity contribution in [2.75, 3.05) is 11.5 Å². The van der Waals surface area contributed by atoms with Crippen molar-refractivity contribution < 1.29 is 13.2 Å². The van der Waals surface area contributed by atoms with Gasteiger partial charge in [-0.3, -0.25) is 4.79 Å². The highest BCUT2D eigenvalue weighted by atomic mass is 32.2. The molecule has 0 unspecified atom stereocenters. The molecule has 18 heavy (non-hydrogen) atoms. The van der Waals surface area contributed by atoms with Crippen LogP contribution in [-0.4, -0.2) is 31.9 Å². The topological polar surface area (TPSA) is 63.2 Å². The van der Waals surface area contributed by atoms with Gasteiger partial charge >= 0.3 is 0 Å². The van der Waals surface area contributed by atoms with Crippen LogP contribution < -0.4 is 5.32 Å². The van der Waals surface area contributed by atoms with Gasteiger partial charge in [-0.05, 0) is 18.4 Å². The molecule has 1 saturated heterocycles. The van der Waals surface area contributed by atoms with Crippen LogP contribution >= 0.6 is 0 Å². The summed E-state index contributed by atoms with van der Waals surface area (Å²) in [6, 6.07) is 9.58. The van der Waals surface area contributed by atoms with E-state index in [0.717, 1.165) is 5.56 Å². The zero-order valence-corrected chi connectivity index (χ0v) is 10.9. The van der Waals surface area contributed by atoms with Gasteiger partial charge in [-0.1, -0.05) is 30.3 Å². The minimum atomic E-state index is -2.92. The third-order valence-electron chi connectivity index (χ3n) is 3.08. The molecule has 1 atom stereocenters. The fraction of sp³-hybridized carbons (Fsp3) is 0.462. The van der Waals surface area contributed by atoms with Gasteiger partial charge in [0.25, 0.3) is 0 Å². The number of benzene rings is 1. The summed E-state index contributed by atoms with van der Waals surface area (Å²) in [4.78, 5) is 11.7. The predicted octanol–water partition coefficient (Wildman–Crippen LogP) is 0.922. The van der Waals surface area contributed by atoms with Crippen molar-refractivity contribution in [2.24, 2.45) is 0 Å². The first-order chi connectivity index (χ1) is 8.55. The average molecular weight is 267 g/mol. The SMILES string of the molecule is O=C(CCc1ccccc1)N[C@@H]1CCS(=O)(=O)C1. The van der Waals surface area contributed by atoms with Crippen LogP contribution in [0, 0.1) is 0 Å². The number of hydrogen-bond donors (Lipinski definition) is 1. The van der Waals surface area contributed by atoms with Crippen LogP contribution in [0.5, 0.6) is 0 Å². The number of nitrogens with one attached hydrogen (secondary N) is 1. The molecule has 2 rings (SSSR count). The Hall–Kier alpha value is -1.36. The van der Waals surface area contributed by atoms with Crippen molar-refractivity contribution in [3.05, 3.63) is 35.9 Å². The average Bonchev–Trinajstić information content (AvgIpc) is 2.67. The lowest BCUT2D eigenvalue weighted by Gasteiger charge is -2.10. The van der Waals surface area contributed by atoms with Crippen molar-refractivity contribution in [1.29, 1.82) is 0 Å². The van der Waals surface area contributed by atoms with Crippen molar-refractivity contribution in [2.45, 2.75) is 25.3 Å². The van der Waals surface area contributed by atoms with Gasteiger partial charge in [0.1, 0.15) is 0 Å². The van der Waals surface area contributed by atoms with Crippen LogP contribution in [0.15, 0.2) is 30.3 Å². The number of aryl methyl sites for hydroxylation is 1. The van der Waals surface area contributed by atoms with Gasteiger partial charge in [-0.25, -0.2) is 8.42 Å². The summed E-state index contributed by atoms with van der Waals surface area (Å²) in [7, 11) is -2.92. The number of carbonyl (C=O) groups is 1. The quantitative estimate of drug-likeness (QED) is 0.882. The monoisotopic (exact) mass is 267 g/mol. The summed E-state index contributed by atoms with van der Waals surface area (Å²) in [6.45, 7) is 0. The summed E-state index contributed by atoms with van der Waals surface area (Å²) in [6.07, 6.45) is 1.63. The van der Waals surface area contributed by atoms with Gasteiger partial charge in [0, 0.05) is 12.5 Å². The molecule has 1 amide bonds. The van der Waals surface area contributed by atoms with E-state index < -0.39 is 9.84 Å². The van der Waals surface area contributed by atoms with E-state index in [9.17, 15) is 13.2 Å². The summed E-state index contributed by atoms with van der Waals surface area (Å²) in [5.41, 5.74) is 1.12. The Bertz CT molecular complexity index is 510. The third kappa shape index (κ3) is 3.84. The van der Waals surface area contributed by atoms with Gasteiger partial charge in [-0.2, -0.15) is 0 Å². The van der Waals surface area contributed by atoms with Gasteiger partial charge in [0.05, 0.1) is 11.5 Å². The molecule has 5 heteroatoms. The normalized spacial score (nSPS) is 21.7. The molecular weight excluding hydrogens is 250 g/mol. The Morgan fingerprint density at radius 1 is 1.28 bits per heavy atom. The van der Waals surface area contributed by atoms with Gasteiger partial charge < -0.3 is 5.32 Å². The molecule has 1 N–H and O–H groups in total. The standard InChI is InChI=1S/C13H17NO3S/c15-13(7-6-11-4-2-1-3-5-11)14-12-8-9-18(16,17)10-12/h1-5,12H,6-10H2,(H,14,15)/t12-/m1/s1. The number of sulfone groups is 1. The largest absolute Gasteiger partial charge is 0.352 e. The van der Waals surface area contributed by atoms with E-state index in [1.165, 1.54) is 0 Å². The van der Waals surface area contributed by atoms with E-state index in [2.05, 4.69) is 5.32 Å². The molecule has 4 nitrogen and oxygen atoms in total. The van der Waals surface area contributed by atoms with Crippen LogP contribution in [0.3, 0.4) is 0 Å². The number of rotatable bonds is 4. The minimum Gasteiger partial charge on any atom is -0.352 e. The Balaban J connectivity index is 1.76. The lowest BCUT2D eigenvalue weighted by atomic mass is 10.1. The van der Waals surface area contributed by atoms with Crippen molar-refractivity contribution in [3.63, 3.8) is 0 Å². The molecule has 98 valence electrons. The molecule has 1 aliphatic heterocycles. The second-order valence-electron chi connectivity index (χ2n) is 4.65. The maximum Gasteiger partial charge on any atom is 0.220 e. The van der Waals surface area contributed by atoms with Crippen LogP contribution in [0.2, 0.25) is 0 Å². The smallest absolute Gasteiger partial charge is 0.220 e. The molecule has 1 fully saturated rings. The van der Waals surface area contributed by atoms with E-state index in [1.807, 2.05) is 30.3 Å². The molecule has 0 bridgehead atoms. The zero-order valence-electron chi connectivity index (χ0n) is 10.1. The molecule has 0 saturated carbocycles. The van der Waals surface area contributed by atoms with E-state index in [0.29, 0.717) is 19.3 Å². The van der Waals surface area contributed by atoms with E-state index in [4.69, 9.17) is 0 Å². The van der Waals surface area contributed by atoms with Crippen LogP contribution in [0.1, 0.15) is 18.4 Å². The maximum absolute atomic E-state index is 11.7. The molecule has 1 aromatic rings. The first-order valence-corrected chi connectivity index (χ1v) is 7.91. The summed E-state index contributed by atoms with van der Waals surface area (Å²) in [5, 5.41) is 2.79. The highest BCUT2D eigenvalue weighted by Crippen LogP contribution is 2.11. The maximum atomic E-state index is 11.7. The van der Waals surface area contributed by atoms with Crippen LogP contribution in [0.25, 0.3) is 0 Å². The Labute approximate surface area is 107 Å². The first kappa shape index (κ1) is 13.1. The Morgan fingerprint density at radius 2 is 2.00 bits per heavy atom. The number of amides is 1. The van der Waals surface area contributed by atoms with Crippen molar-refractivity contribution in [3.8, 4) is 0 Å². The molecule has 0 aromatic heterocycles. The molecule has 1 heterocycles. The highest BCUT2D eigenvalue weighted by Gasteiger charge is 2.28. The van der Waals surface area contributed by atoms with E-state index in [-0.39, 0.29) is 23.5 Å². The summed E-state index contributed by atoms with van der Waals surface area (Å²) in [5.74, 6) is 0.210. The lowest BCUT2D eigenvalue weighted by molar-refractivity contribution is -0.121. The fourth-order valence-electron chi connectivity index (χ4n) is 2.11. The van der Waals surface area contributed by atoms with Gasteiger partial charge in [0.2, 0.25) is 5.91 Å². The second kappa shape index (κ2) is 5.52. The summed E-state index contributed by atoms with van der Waals surface area (Å²) >= 11 is 0. The molecule has 0 aliphatic carbocycles.